The molecule has 0 heterocycles. The van der Waals surface area contributed by atoms with Crippen LogP contribution in [0.25, 0.3) is 0 Å². The predicted molar refractivity (Wildman–Crippen MR) is 57.6 cm³/mol. The molecule has 0 radical (unpaired) electrons. The molecule has 12 heavy (non-hydrogen) atoms. The van der Waals surface area contributed by atoms with Crippen molar-refractivity contribution in [1.29, 1.82) is 0 Å². The molecule has 0 amide bonds. The molecule has 0 spiro atoms. The molecule has 0 atom stereocenters. The Balaban J connectivity index is 0. The van der Waals surface area contributed by atoms with Crippen molar-refractivity contribution in [3.05, 3.63) is 0 Å². The monoisotopic (exact) mass is 174 g/mol. The average molecular weight is 174 g/mol. The Morgan fingerprint density at radius 2 is 0.667 bits per heavy atom. The molecule has 0 unspecified atom stereocenters. The van der Waals surface area contributed by atoms with E-state index in [9.17, 15) is 0 Å². The van der Waals surface area contributed by atoms with Crippen LogP contribution in [0.2, 0.25) is 0 Å². The molecule has 0 saturated carbocycles. The highest BCUT2D eigenvalue weighted by Gasteiger charge is 1.90. The van der Waals surface area contributed by atoms with Crippen LogP contribution in [0, 0.1) is 0 Å². The standard InChI is InChI=1S/2C5H13N/c2*1-5(2)6(3)4/h2*5H,1-4H3. The van der Waals surface area contributed by atoms with Gasteiger partial charge in [0.05, 0.1) is 0 Å². The molecule has 2 heteroatoms. The van der Waals surface area contributed by atoms with Crippen molar-refractivity contribution < 1.29 is 0 Å². The zero-order chi connectivity index (χ0) is 10.3. The normalized spacial score (nSPS) is 11.0. The summed E-state index contributed by atoms with van der Waals surface area (Å²) in [5, 5.41) is 0. The van der Waals surface area contributed by atoms with Crippen LogP contribution in [0.15, 0.2) is 0 Å². The maximum atomic E-state index is 2.17. The summed E-state index contributed by atoms with van der Waals surface area (Å²) in [6.07, 6.45) is 0. The van der Waals surface area contributed by atoms with E-state index in [4.69, 9.17) is 0 Å². The van der Waals surface area contributed by atoms with E-state index >= 15 is 0 Å². The minimum absolute atomic E-state index is 0.685. The zero-order valence-corrected chi connectivity index (χ0v) is 10.0. The van der Waals surface area contributed by atoms with Gasteiger partial charge in [-0.05, 0) is 55.9 Å². The third-order valence-corrected chi connectivity index (χ3v) is 2.07. The third-order valence-electron chi connectivity index (χ3n) is 2.07. The van der Waals surface area contributed by atoms with E-state index in [0.717, 1.165) is 0 Å². The van der Waals surface area contributed by atoms with Gasteiger partial charge in [0.25, 0.3) is 0 Å². The van der Waals surface area contributed by atoms with Gasteiger partial charge in [0.15, 0.2) is 0 Å². The summed E-state index contributed by atoms with van der Waals surface area (Å²) in [5.74, 6) is 0. The quantitative estimate of drug-likeness (QED) is 0.631. The largest absolute Gasteiger partial charge is 0.307 e. The highest BCUT2D eigenvalue weighted by molar-refractivity contribution is 4.46. The van der Waals surface area contributed by atoms with Crippen LogP contribution in [-0.4, -0.2) is 50.1 Å². The Kier molecular flexibility index (Phi) is 9.10. The van der Waals surface area contributed by atoms with Gasteiger partial charge in [0.2, 0.25) is 0 Å². The Bertz CT molecular complexity index is 61.8. The fourth-order valence-corrected chi connectivity index (χ4v) is 0. The smallest absolute Gasteiger partial charge is 0.00324 e. The lowest BCUT2D eigenvalue weighted by atomic mass is 10.4. The fourth-order valence-electron chi connectivity index (χ4n) is 0. The Labute approximate surface area is 78.5 Å². The fraction of sp³-hybridized carbons (Fsp3) is 1.00. The summed E-state index contributed by atoms with van der Waals surface area (Å²) >= 11 is 0. The lowest BCUT2D eigenvalue weighted by Crippen LogP contribution is -2.20. The second-order valence-electron chi connectivity index (χ2n) is 4.11. The topological polar surface area (TPSA) is 6.48 Å². The Morgan fingerprint density at radius 1 is 0.583 bits per heavy atom. The molecule has 0 aromatic rings. The van der Waals surface area contributed by atoms with Gasteiger partial charge < -0.3 is 9.80 Å². The van der Waals surface area contributed by atoms with Crippen LogP contribution in [-0.2, 0) is 0 Å². The molecular weight excluding hydrogens is 148 g/mol. The summed E-state index contributed by atoms with van der Waals surface area (Å²) in [6.45, 7) is 8.67. The minimum atomic E-state index is 0.685. The second kappa shape index (κ2) is 7.56. The molecule has 2 nitrogen and oxygen atoms in total. The molecule has 0 rings (SSSR count). The molecule has 0 N–H and O–H groups in total. The van der Waals surface area contributed by atoms with Crippen molar-refractivity contribution >= 4 is 0 Å². The van der Waals surface area contributed by atoms with E-state index in [1.807, 2.05) is 0 Å². The number of nitrogens with zero attached hydrogens (tertiary/aromatic N) is 2. The number of rotatable bonds is 2. The van der Waals surface area contributed by atoms with Gasteiger partial charge in [0, 0.05) is 12.1 Å². The SMILES string of the molecule is CC(C)N(C)C.CC(C)N(C)C. The zero-order valence-electron chi connectivity index (χ0n) is 10.0. The molecule has 0 aromatic carbocycles. The maximum absolute atomic E-state index is 2.17. The first-order valence-electron chi connectivity index (χ1n) is 4.61. The summed E-state index contributed by atoms with van der Waals surface area (Å²) in [7, 11) is 8.30. The van der Waals surface area contributed by atoms with Crippen molar-refractivity contribution in [3.63, 3.8) is 0 Å². The summed E-state index contributed by atoms with van der Waals surface area (Å²) in [6, 6.07) is 1.37. The van der Waals surface area contributed by atoms with E-state index in [-0.39, 0.29) is 0 Å². The third kappa shape index (κ3) is 12.6. The summed E-state index contributed by atoms with van der Waals surface area (Å²) in [5.41, 5.74) is 0. The van der Waals surface area contributed by atoms with Crippen LogP contribution < -0.4 is 0 Å². The van der Waals surface area contributed by atoms with E-state index in [1.165, 1.54) is 0 Å². The summed E-state index contributed by atoms with van der Waals surface area (Å²) < 4.78 is 0. The van der Waals surface area contributed by atoms with Crippen molar-refractivity contribution in [2.75, 3.05) is 28.2 Å². The predicted octanol–water partition coefficient (Wildman–Crippen LogP) is 1.91. The van der Waals surface area contributed by atoms with E-state index in [0.29, 0.717) is 12.1 Å². The molecular formula is C10H26N2. The average Bonchev–Trinajstić information content (AvgIpc) is 1.88. The highest BCUT2D eigenvalue weighted by atomic mass is 15.1. The Hall–Kier alpha value is -0.0800. The lowest BCUT2D eigenvalue weighted by molar-refractivity contribution is 0.335. The van der Waals surface area contributed by atoms with Gasteiger partial charge in [-0.1, -0.05) is 0 Å². The van der Waals surface area contributed by atoms with Gasteiger partial charge in [-0.2, -0.15) is 0 Å². The van der Waals surface area contributed by atoms with Crippen LogP contribution in [0.1, 0.15) is 27.7 Å². The van der Waals surface area contributed by atoms with Crippen molar-refractivity contribution in [2.24, 2.45) is 0 Å². The first kappa shape index (κ1) is 14.4. The van der Waals surface area contributed by atoms with Crippen molar-refractivity contribution in [3.8, 4) is 0 Å². The van der Waals surface area contributed by atoms with Crippen LogP contribution in [0.3, 0.4) is 0 Å². The van der Waals surface area contributed by atoms with Gasteiger partial charge in [0.1, 0.15) is 0 Å². The minimum Gasteiger partial charge on any atom is -0.307 e. The van der Waals surface area contributed by atoms with Crippen LogP contribution in [0.4, 0.5) is 0 Å². The maximum Gasteiger partial charge on any atom is 0.00324 e. The molecule has 0 aliphatic rings. The Morgan fingerprint density at radius 3 is 0.667 bits per heavy atom. The second-order valence-corrected chi connectivity index (χ2v) is 4.11. The molecule has 0 aliphatic carbocycles. The molecule has 0 aromatic heterocycles. The molecule has 0 fully saturated rings. The van der Waals surface area contributed by atoms with Crippen molar-refractivity contribution in [1.82, 2.24) is 9.80 Å². The van der Waals surface area contributed by atoms with Crippen LogP contribution >= 0.6 is 0 Å². The first-order chi connectivity index (χ1) is 5.29. The number of hydrogen-bond donors (Lipinski definition) is 0. The lowest BCUT2D eigenvalue weighted by Gasteiger charge is -2.12. The van der Waals surface area contributed by atoms with Gasteiger partial charge in [-0.3, -0.25) is 0 Å². The number of hydrogen-bond acceptors (Lipinski definition) is 2. The summed E-state index contributed by atoms with van der Waals surface area (Å²) in [4.78, 5) is 4.33. The van der Waals surface area contributed by atoms with Crippen LogP contribution in [0.5, 0.6) is 0 Å². The highest BCUT2D eigenvalue weighted by Crippen LogP contribution is 1.84. The van der Waals surface area contributed by atoms with Gasteiger partial charge in [-0.25, -0.2) is 0 Å². The molecule has 76 valence electrons. The van der Waals surface area contributed by atoms with E-state index in [1.54, 1.807) is 0 Å². The van der Waals surface area contributed by atoms with Gasteiger partial charge >= 0.3 is 0 Å². The van der Waals surface area contributed by atoms with Crippen molar-refractivity contribution in [2.45, 2.75) is 39.8 Å². The molecule has 0 saturated heterocycles. The van der Waals surface area contributed by atoms with E-state index in [2.05, 4.69) is 65.7 Å². The molecule has 0 aliphatic heterocycles. The first-order valence-corrected chi connectivity index (χ1v) is 4.61. The van der Waals surface area contributed by atoms with Gasteiger partial charge in [-0.15, -0.1) is 0 Å². The van der Waals surface area contributed by atoms with E-state index < -0.39 is 0 Å². The molecule has 0 bridgehead atoms.